The van der Waals surface area contributed by atoms with Crippen LogP contribution in [-0.2, 0) is 0 Å². The van der Waals surface area contributed by atoms with E-state index in [4.69, 9.17) is 5.73 Å². The number of primary amides is 1. The number of urea groups is 1. The van der Waals surface area contributed by atoms with Crippen LogP contribution in [-0.4, -0.2) is 31.9 Å². The monoisotopic (exact) mass is 441 g/mol. The highest BCUT2D eigenvalue weighted by Gasteiger charge is 2.13. The Morgan fingerprint density at radius 2 is 1.76 bits per heavy atom. The van der Waals surface area contributed by atoms with Crippen LogP contribution in [0.15, 0.2) is 73.1 Å². The number of hydrogen-bond donors (Lipinski definition) is 3. The van der Waals surface area contributed by atoms with Gasteiger partial charge in [0, 0.05) is 11.8 Å². The Balaban J connectivity index is 1.42. The first-order valence-corrected chi connectivity index (χ1v) is 10.3. The molecule has 4 aromatic rings. The molecule has 4 N–H and O–H groups in total. The fourth-order valence-electron chi connectivity index (χ4n) is 3.31. The van der Waals surface area contributed by atoms with E-state index < -0.39 is 5.91 Å². The summed E-state index contributed by atoms with van der Waals surface area (Å²) in [5.74, 6) is -0.638. The number of rotatable bonds is 6. The lowest BCUT2D eigenvalue weighted by molar-refractivity contribution is 0.0995. The molecule has 2 heterocycles. The van der Waals surface area contributed by atoms with Crippen molar-refractivity contribution in [3.63, 3.8) is 0 Å². The topological polar surface area (TPSA) is 128 Å². The minimum absolute atomic E-state index is 0.0897. The predicted molar refractivity (Wildman–Crippen MR) is 125 cm³/mol. The number of pyridine rings is 1. The summed E-state index contributed by atoms with van der Waals surface area (Å²) in [6, 6.07) is 18.6. The predicted octanol–water partition coefficient (Wildman–Crippen LogP) is 3.62. The van der Waals surface area contributed by atoms with Gasteiger partial charge in [-0.25, -0.2) is 9.48 Å². The third-order valence-corrected chi connectivity index (χ3v) is 5.19. The van der Waals surface area contributed by atoms with Crippen LogP contribution in [0.5, 0.6) is 0 Å². The van der Waals surface area contributed by atoms with Gasteiger partial charge >= 0.3 is 6.03 Å². The molecule has 0 aliphatic carbocycles. The normalized spacial score (nSPS) is 11.6. The van der Waals surface area contributed by atoms with Crippen molar-refractivity contribution in [3.05, 3.63) is 90.0 Å². The van der Waals surface area contributed by atoms with Gasteiger partial charge in [-0.2, -0.15) is 0 Å². The van der Waals surface area contributed by atoms with E-state index in [2.05, 4.69) is 25.9 Å². The van der Waals surface area contributed by atoms with Gasteiger partial charge in [-0.15, -0.1) is 5.10 Å². The third-order valence-electron chi connectivity index (χ3n) is 5.19. The molecule has 3 amide bonds. The molecule has 2 aromatic carbocycles. The number of anilines is 1. The maximum atomic E-state index is 12.6. The number of nitrogens with zero attached hydrogens (tertiary/aromatic N) is 4. The van der Waals surface area contributed by atoms with E-state index in [0.29, 0.717) is 5.69 Å². The summed E-state index contributed by atoms with van der Waals surface area (Å²) in [6.45, 7) is 3.74. The van der Waals surface area contributed by atoms with Gasteiger partial charge in [0.25, 0.3) is 5.91 Å². The largest absolute Gasteiger partial charge is 0.364 e. The molecule has 0 fully saturated rings. The number of carbonyl (C=O) groups excluding carboxylic acids is 2. The lowest BCUT2D eigenvalue weighted by Crippen LogP contribution is -2.31. The van der Waals surface area contributed by atoms with E-state index in [0.717, 1.165) is 28.1 Å². The van der Waals surface area contributed by atoms with E-state index in [1.54, 1.807) is 6.20 Å². The zero-order valence-electron chi connectivity index (χ0n) is 18.2. The van der Waals surface area contributed by atoms with E-state index in [1.165, 1.54) is 10.9 Å². The molecule has 33 heavy (non-hydrogen) atoms. The lowest BCUT2D eigenvalue weighted by atomic mass is 10.1. The number of hydrogen-bond acceptors (Lipinski definition) is 5. The van der Waals surface area contributed by atoms with Crippen LogP contribution in [0.3, 0.4) is 0 Å². The Labute approximate surface area is 190 Å². The van der Waals surface area contributed by atoms with Crippen LogP contribution in [0.25, 0.3) is 16.8 Å². The molecule has 0 saturated heterocycles. The van der Waals surface area contributed by atoms with Crippen LogP contribution in [0.1, 0.15) is 34.7 Å². The Kier molecular flexibility index (Phi) is 6.12. The summed E-state index contributed by atoms with van der Waals surface area (Å²) < 4.78 is 1.46. The Morgan fingerprint density at radius 3 is 2.42 bits per heavy atom. The van der Waals surface area contributed by atoms with Crippen molar-refractivity contribution in [2.75, 3.05) is 5.32 Å². The molecule has 0 radical (unpaired) electrons. The molecule has 0 spiro atoms. The van der Waals surface area contributed by atoms with Crippen molar-refractivity contribution in [1.82, 2.24) is 25.3 Å². The zero-order valence-corrected chi connectivity index (χ0v) is 18.2. The first kappa shape index (κ1) is 21.7. The van der Waals surface area contributed by atoms with Crippen molar-refractivity contribution < 1.29 is 9.59 Å². The molecule has 0 aliphatic rings. The summed E-state index contributed by atoms with van der Waals surface area (Å²) in [5.41, 5.74) is 10.2. The van der Waals surface area contributed by atoms with E-state index in [-0.39, 0.29) is 17.8 Å². The van der Waals surface area contributed by atoms with Gasteiger partial charge < -0.3 is 16.4 Å². The zero-order chi connectivity index (χ0) is 23.4. The Bertz CT molecular complexity index is 1280. The summed E-state index contributed by atoms with van der Waals surface area (Å²) >= 11 is 0. The molecular weight excluding hydrogens is 418 g/mol. The summed E-state index contributed by atoms with van der Waals surface area (Å²) in [5, 5.41) is 13.5. The number of carbonyl (C=O) groups is 2. The van der Waals surface area contributed by atoms with Gasteiger partial charge in [0.05, 0.1) is 29.3 Å². The fraction of sp³-hybridized carbons (Fsp3) is 0.125. The summed E-state index contributed by atoms with van der Waals surface area (Å²) in [6.07, 6.45) is 3.26. The third kappa shape index (κ3) is 5.04. The highest BCUT2D eigenvalue weighted by atomic mass is 16.2. The molecule has 4 rings (SSSR count). The van der Waals surface area contributed by atoms with Gasteiger partial charge in [-0.3, -0.25) is 9.78 Å². The molecule has 0 saturated carbocycles. The van der Waals surface area contributed by atoms with E-state index >= 15 is 0 Å². The molecule has 9 heteroatoms. The molecular formula is C24H23N7O2. The number of aromatic nitrogens is 4. The molecule has 9 nitrogen and oxygen atoms in total. The van der Waals surface area contributed by atoms with Gasteiger partial charge in [-0.1, -0.05) is 47.7 Å². The number of nitrogens with one attached hydrogen (secondary N) is 2. The van der Waals surface area contributed by atoms with Gasteiger partial charge in [0.1, 0.15) is 0 Å². The van der Waals surface area contributed by atoms with Crippen molar-refractivity contribution in [1.29, 1.82) is 0 Å². The van der Waals surface area contributed by atoms with Gasteiger partial charge in [0.2, 0.25) is 0 Å². The minimum atomic E-state index is -0.638. The quantitative estimate of drug-likeness (QED) is 0.421. The number of benzene rings is 2. The second-order valence-electron chi connectivity index (χ2n) is 7.55. The lowest BCUT2D eigenvalue weighted by Gasteiger charge is -2.16. The highest BCUT2D eigenvalue weighted by molar-refractivity contribution is 5.91. The minimum Gasteiger partial charge on any atom is -0.364 e. The molecule has 0 aliphatic heterocycles. The molecule has 166 valence electrons. The SMILES string of the molecule is Cc1ncc(-c2ccccc2)cc1NC(=O)NC(C)c1ccc(-n2cc(C(N)=O)nn2)cc1. The van der Waals surface area contributed by atoms with E-state index in [9.17, 15) is 9.59 Å². The molecule has 1 atom stereocenters. The summed E-state index contributed by atoms with van der Waals surface area (Å²) in [4.78, 5) is 28.2. The smallest absolute Gasteiger partial charge is 0.319 e. The second kappa shape index (κ2) is 9.31. The van der Waals surface area contributed by atoms with Crippen molar-refractivity contribution >= 4 is 17.6 Å². The Morgan fingerprint density at radius 1 is 1.03 bits per heavy atom. The van der Waals surface area contributed by atoms with Crippen LogP contribution < -0.4 is 16.4 Å². The first-order chi connectivity index (χ1) is 15.9. The average Bonchev–Trinajstić information content (AvgIpc) is 3.32. The van der Waals surface area contributed by atoms with Crippen molar-refractivity contribution in [3.8, 4) is 16.8 Å². The average molecular weight is 441 g/mol. The van der Waals surface area contributed by atoms with Crippen LogP contribution in [0, 0.1) is 6.92 Å². The second-order valence-corrected chi connectivity index (χ2v) is 7.55. The van der Waals surface area contributed by atoms with Crippen LogP contribution in [0.4, 0.5) is 10.5 Å². The van der Waals surface area contributed by atoms with Crippen LogP contribution >= 0.6 is 0 Å². The Hall–Kier alpha value is -4.53. The standard InChI is InChI=1S/C24H23N7O2/c1-15(17-8-10-20(11-9-17)31-14-22(23(25)32)29-30-31)27-24(33)28-21-12-19(13-26-16(21)2)18-6-4-3-5-7-18/h3-15H,1-2H3,(H2,25,32)(H2,27,28,33). The van der Waals surface area contributed by atoms with E-state index in [1.807, 2.05) is 74.5 Å². The molecule has 0 bridgehead atoms. The van der Waals surface area contributed by atoms with Crippen LogP contribution in [0.2, 0.25) is 0 Å². The van der Waals surface area contributed by atoms with Crippen molar-refractivity contribution in [2.24, 2.45) is 5.73 Å². The summed E-state index contributed by atoms with van der Waals surface area (Å²) in [7, 11) is 0. The van der Waals surface area contributed by atoms with Gasteiger partial charge in [0.15, 0.2) is 5.69 Å². The molecule has 1 unspecified atom stereocenters. The maximum Gasteiger partial charge on any atom is 0.319 e. The highest BCUT2D eigenvalue weighted by Crippen LogP contribution is 2.24. The maximum absolute atomic E-state index is 12.6. The number of aryl methyl sites for hydroxylation is 1. The van der Waals surface area contributed by atoms with Crippen molar-refractivity contribution in [2.45, 2.75) is 19.9 Å². The molecule has 2 aromatic heterocycles. The van der Waals surface area contributed by atoms with Gasteiger partial charge in [-0.05, 0) is 43.2 Å². The first-order valence-electron chi connectivity index (χ1n) is 10.3. The number of amides is 3. The fourth-order valence-corrected chi connectivity index (χ4v) is 3.31. The number of nitrogens with two attached hydrogens (primary N) is 1.